The van der Waals surface area contributed by atoms with Crippen molar-refractivity contribution in [2.45, 2.75) is 13.0 Å². The first-order valence-electron chi connectivity index (χ1n) is 9.15. The van der Waals surface area contributed by atoms with Gasteiger partial charge in [0.1, 0.15) is 23.4 Å². The Morgan fingerprint density at radius 3 is 2.50 bits per heavy atom. The summed E-state index contributed by atoms with van der Waals surface area (Å²) in [6, 6.07) is 10.5. The Hall–Kier alpha value is -3.16. The Kier molecular flexibility index (Phi) is 6.41. The van der Waals surface area contributed by atoms with Gasteiger partial charge in [0.05, 0.1) is 0 Å². The Morgan fingerprint density at radius 1 is 1.14 bits per heavy atom. The normalized spacial score (nSPS) is 15.1. The number of carbonyl (C=O) groups is 2. The van der Waals surface area contributed by atoms with Gasteiger partial charge < -0.3 is 19.9 Å². The highest BCUT2D eigenvalue weighted by Gasteiger charge is 2.26. The SMILES string of the molecule is CC(NC(=O)COc1ccc(F)cc1)C(=O)N1CCN(c2ccccn2)CC1. The monoisotopic (exact) mass is 386 g/mol. The number of hydrogen-bond donors (Lipinski definition) is 1. The lowest BCUT2D eigenvalue weighted by molar-refractivity contribution is -0.136. The predicted octanol–water partition coefficient (Wildman–Crippen LogP) is 1.45. The molecule has 28 heavy (non-hydrogen) atoms. The maximum absolute atomic E-state index is 12.9. The number of aromatic nitrogens is 1. The van der Waals surface area contributed by atoms with E-state index in [1.807, 2.05) is 18.2 Å². The average Bonchev–Trinajstić information content (AvgIpc) is 2.73. The molecule has 0 saturated carbocycles. The topological polar surface area (TPSA) is 74.8 Å². The van der Waals surface area contributed by atoms with Crippen LogP contribution in [-0.2, 0) is 9.59 Å². The van der Waals surface area contributed by atoms with Crippen LogP contribution in [0.15, 0.2) is 48.7 Å². The highest BCUT2D eigenvalue weighted by molar-refractivity contribution is 5.88. The molecule has 1 aromatic carbocycles. The van der Waals surface area contributed by atoms with Crippen molar-refractivity contribution in [2.75, 3.05) is 37.7 Å². The maximum Gasteiger partial charge on any atom is 0.258 e. The van der Waals surface area contributed by atoms with E-state index >= 15 is 0 Å². The zero-order valence-corrected chi connectivity index (χ0v) is 15.7. The van der Waals surface area contributed by atoms with Crippen LogP contribution in [0, 0.1) is 5.82 Å². The molecule has 0 radical (unpaired) electrons. The van der Waals surface area contributed by atoms with Crippen LogP contribution in [0.3, 0.4) is 0 Å². The molecule has 1 atom stereocenters. The highest BCUT2D eigenvalue weighted by atomic mass is 19.1. The molecule has 0 aliphatic carbocycles. The van der Waals surface area contributed by atoms with E-state index in [9.17, 15) is 14.0 Å². The molecule has 7 nitrogen and oxygen atoms in total. The molecule has 1 unspecified atom stereocenters. The number of nitrogens with one attached hydrogen (secondary N) is 1. The zero-order valence-electron chi connectivity index (χ0n) is 15.7. The maximum atomic E-state index is 12.9. The average molecular weight is 386 g/mol. The van der Waals surface area contributed by atoms with Gasteiger partial charge in [0, 0.05) is 32.4 Å². The summed E-state index contributed by atoms with van der Waals surface area (Å²) in [5.74, 6) is 0.377. The third-order valence-electron chi connectivity index (χ3n) is 4.50. The highest BCUT2D eigenvalue weighted by Crippen LogP contribution is 2.13. The van der Waals surface area contributed by atoms with Crippen LogP contribution in [0.2, 0.25) is 0 Å². The molecule has 1 N–H and O–H groups in total. The smallest absolute Gasteiger partial charge is 0.258 e. The number of halogens is 1. The van der Waals surface area contributed by atoms with Gasteiger partial charge in [-0.3, -0.25) is 9.59 Å². The molecule has 1 fully saturated rings. The molecule has 0 spiro atoms. The molecular formula is C20H23FN4O3. The molecule has 3 rings (SSSR count). The fourth-order valence-corrected chi connectivity index (χ4v) is 3.00. The van der Waals surface area contributed by atoms with Crippen LogP contribution < -0.4 is 15.0 Å². The van der Waals surface area contributed by atoms with E-state index in [0.717, 1.165) is 5.82 Å². The Bertz CT molecular complexity index is 793. The second kappa shape index (κ2) is 9.16. The number of benzene rings is 1. The predicted molar refractivity (Wildman–Crippen MR) is 103 cm³/mol. The lowest BCUT2D eigenvalue weighted by atomic mass is 10.2. The molecule has 1 saturated heterocycles. The minimum atomic E-state index is -0.647. The standard InChI is InChI=1S/C20H23FN4O3/c1-15(23-19(26)14-28-17-7-5-16(21)6-8-17)20(27)25-12-10-24(11-13-25)18-4-2-3-9-22-18/h2-9,15H,10-14H2,1H3,(H,23,26). The fourth-order valence-electron chi connectivity index (χ4n) is 3.00. The first-order valence-corrected chi connectivity index (χ1v) is 9.15. The summed E-state index contributed by atoms with van der Waals surface area (Å²) in [5, 5.41) is 2.65. The summed E-state index contributed by atoms with van der Waals surface area (Å²) in [7, 11) is 0. The largest absolute Gasteiger partial charge is 0.484 e. The summed E-state index contributed by atoms with van der Waals surface area (Å²) >= 11 is 0. The second-order valence-corrected chi connectivity index (χ2v) is 6.53. The number of anilines is 1. The van der Waals surface area contributed by atoms with Crippen molar-refractivity contribution in [1.82, 2.24) is 15.2 Å². The number of hydrogen-bond acceptors (Lipinski definition) is 5. The van der Waals surface area contributed by atoms with E-state index < -0.39 is 11.9 Å². The van der Waals surface area contributed by atoms with Gasteiger partial charge in [-0.05, 0) is 43.3 Å². The van der Waals surface area contributed by atoms with Crippen molar-refractivity contribution in [1.29, 1.82) is 0 Å². The summed E-state index contributed by atoms with van der Waals surface area (Å²) in [5.41, 5.74) is 0. The molecule has 2 heterocycles. The van der Waals surface area contributed by atoms with Crippen LogP contribution in [0.25, 0.3) is 0 Å². The van der Waals surface area contributed by atoms with Crippen molar-refractivity contribution < 1.29 is 18.7 Å². The first kappa shape index (κ1) is 19.6. The lowest BCUT2D eigenvalue weighted by Gasteiger charge is -2.36. The van der Waals surface area contributed by atoms with Crippen molar-refractivity contribution >= 4 is 17.6 Å². The van der Waals surface area contributed by atoms with E-state index in [2.05, 4.69) is 15.2 Å². The van der Waals surface area contributed by atoms with Crippen LogP contribution in [0.4, 0.5) is 10.2 Å². The van der Waals surface area contributed by atoms with Crippen LogP contribution in [-0.4, -0.2) is 60.5 Å². The van der Waals surface area contributed by atoms with Gasteiger partial charge in [0.15, 0.2) is 6.61 Å². The van der Waals surface area contributed by atoms with Crippen LogP contribution >= 0.6 is 0 Å². The molecule has 1 aliphatic rings. The lowest BCUT2D eigenvalue weighted by Crippen LogP contribution is -2.54. The summed E-state index contributed by atoms with van der Waals surface area (Å²) in [6.45, 7) is 3.94. The molecule has 8 heteroatoms. The van der Waals surface area contributed by atoms with Crippen molar-refractivity contribution in [3.8, 4) is 5.75 Å². The minimum Gasteiger partial charge on any atom is -0.484 e. The molecule has 1 aromatic heterocycles. The quantitative estimate of drug-likeness (QED) is 0.814. The first-order chi connectivity index (χ1) is 13.5. The Morgan fingerprint density at radius 2 is 1.86 bits per heavy atom. The number of nitrogens with zero attached hydrogens (tertiary/aromatic N) is 3. The number of carbonyl (C=O) groups excluding carboxylic acids is 2. The van der Waals surface area contributed by atoms with E-state index in [-0.39, 0.29) is 18.3 Å². The van der Waals surface area contributed by atoms with Crippen molar-refractivity contribution in [2.24, 2.45) is 0 Å². The minimum absolute atomic E-state index is 0.129. The van der Waals surface area contributed by atoms with Crippen LogP contribution in [0.5, 0.6) is 5.75 Å². The number of pyridine rings is 1. The molecule has 2 amide bonds. The molecule has 148 valence electrons. The molecule has 2 aromatic rings. The summed E-state index contributed by atoms with van der Waals surface area (Å²) < 4.78 is 18.2. The Balaban J connectivity index is 1.43. The molecule has 0 bridgehead atoms. The van der Waals surface area contributed by atoms with Gasteiger partial charge in [-0.15, -0.1) is 0 Å². The van der Waals surface area contributed by atoms with Gasteiger partial charge in [0.2, 0.25) is 5.91 Å². The van der Waals surface area contributed by atoms with Crippen LogP contribution in [0.1, 0.15) is 6.92 Å². The number of piperazine rings is 1. The van der Waals surface area contributed by atoms with Crippen molar-refractivity contribution in [3.05, 3.63) is 54.5 Å². The van der Waals surface area contributed by atoms with E-state index in [1.54, 1.807) is 18.0 Å². The molecular weight excluding hydrogens is 363 g/mol. The van der Waals surface area contributed by atoms with Gasteiger partial charge in [0.25, 0.3) is 5.91 Å². The number of rotatable bonds is 6. The van der Waals surface area contributed by atoms with E-state index in [1.165, 1.54) is 24.3 Å². The van der Waals surface area contributed by atoms with Crippen molar-refractivity contribution in [3.63, 3.8) is 0 Å². The van der Waals surface area contributed by atoms with E-state index in [0.29, 0.717) is 31.9 Å². The van der Waals surface area contributed by atoms with E-state index in [4.69, 9.17) is 4.74 Å². The third-order valence-corrected chi connectivity index (χ3v) is 4.50. The third kappa shape index (κ3) is 5.18. The second-order valence-electron chi connectivity index (χ2n) is 6.53. The summed E-state index contributed by atoms with van der Waals surface area (Å²) in [6.07, 6.45) is 1.75. The number of ether oxygens (including phenoxy) is 1. The fraction of sp³-hybridized carbons (Fsp3) is 0.350. The van der Waals surface area contributed by atoms with Gasteiger partial charge in [-0.25, -0.2) is 9.37 Å². The summed E-state index contributed by atoms with van der Waals surface area (Å²) in [4.78, 5) is 32.8. The number of amides is 2. The molecule has 1 aliphatic heterocycles. The zero-order chi connectivity index (χ0) is 19.9. The Labute approximate surface area is 163 Å². The van der Waals surface area contributed by atoms with Gasteiger partial charge in [-0.1, -0.05) is 6.07 Å². The van der Waals surface area contributed by atoms with Gasteiger partial charge in [-0.2, -0.15) is 0 Å². The van der Waals surface area contributed by atoms with Gasteiger partial charge >= 0.3 is 0 Å².